The first-order valence-electron chi connectivity index (χ1n) is 5.94. The van der Waals surface area contributed by atoms with E-state index >= 15 is 0 Å². The smallest absolute Gasteiger partial charge is 0.234 e. The van der Waals surface area contributed by atoms with E-state index in [0.717, 1.165) is 54.9 Å². The molecule has 92 valence electrons. The molecule has 0 amide bonds. The Morgan fingerprint density at radius 3 is 2.88 bits per heavy atom. The van der Waals surface area contributed by atoms with Gasteiger partial charge in [0.25, 0.3) is 0 Å². The van der Waals surface area contributed by atoms with Gasteiger partial charge >= 0.3 is 0 Å². The first kappa shape index (κ1) is 11.1. The van der Waals surface area contributed by atoms with E-state index in [1.54, 1.807) is 11.3 Å². The van der Waals surface area contributed by atoms with Gasteiger partial charge in [-0.05, 0) is 6.92 Å². The van der Waals surface area contributed by atoms with E-state index in [2.05, 4.69) is 25.5 Å². The Morgan fingerprint density at radius 2 is 2.12 bits per heavy atom. The average Bonchev–Trinajstić information content (AvgIpc) is 2.91. The zero-order chi connectivity index (χ0) is 11.7. The van der Waals surface area contributed by atoms with Crippen LogP contribution in [-0.4, -0.2) is 57.4 Å². The second-order valence-electron chi connectivity index (χ2n) is 4.28. The van der Waals surface area contributed by atoms with Crippen LogP contribution < -0.4 is 5.32 Å². The summed E-state index contributed by atoms with van der Waals surface area (Å²) in [4.78, 5) is 3.38. The Hall–Kier alpha value is -1.05. The lowest BCUT2D eigenvalue weighted by atomic mass is 10.3. The fourth-order valence-corrected chi connectivity index (χ4v) is 2.91. The molecule has 0 unspecified atom stereocenters. The molecule has 0 bridgehead atoms. The molecule has 1 fully saturated rings. The Labute approximate surface area is 104 Å². The SMILES string of the molecule is Cc1nnc2sc(CCN3CCNCC3)nn12. The fourth-order valence-electron chi connectivity index (χ4n) is 2.04. The molecule has 1 N–H and O–H groups in total. The Kier molecular flexibility index (Phi) is 3.04. The van der Waals surface area contributed by atoms with E-state index in [1.807, 2.05) is 11.4 Å². The predicted octanol–water partition coefficient (Wildman–Crippen LogP) is -0.0581. The van der Waals surface area contributed by atoms with Gasteiger partial charge < -0.3 is 10.2 Å². The normalized spacial score (nSPS) is 17.9. The third-order valence-corrected chi connectivity index (χ3v) is 4.00. The third-order valence-electron chi connectivity index (χ3n) is 3.04. The molecule has 0 atom stereocenters. The number of rotatable bonds is 3. The Morgan fingerprint density at radius 1 is 1.29 bits per heavy atom. The van der Waals surface area contributed by atoms with Crippen LogP contribution in [-0.2, 0) is 6.42 Å². The highest BCUT2D eigenvalue weighted by molar-refractivity contribution is 7.16. The third kappa shape index (κ3) is 2.31. The number of hydrogen-bond acceptors (Lipinski definition) is 6. The van der Waals surface area contributed by atoms with Crippen molar-refractivity contribution in [3.8, 4) is 0 Å². The first-order valence-corrected chi connectivity index (χ1v) is 6.75. The molecular weight excluding hydrogens is 236 g/mol. The zero-order valence-corrected chi connectivity index (χ0v) is 10.7. The second kappa shape index (κ2) is 4.67. The molecule has 1 saturated heterocycles. The quantitative estimate of drug-likeness (QED) is 0.829. The Bertz CT molecular complexity index is 498. The van der Waals surface area contributed by atoms with Gasteiger partial charge in [0.2, 0.25) is 4.96 Å². The van der Waals surface area contributed by atoms with Crippen LogP contribution in [0.1, 0.15) is 10.8 Å². The van der Waals surface area contributed by atoms with Crippen LogP contribution in [0.2, 0.25) is 0 Å². The largest absolute Gasteiger partial charge is 0.314 e. The lowest BCUT2D eigenvalue weighted by molar-refractivity contribution is 0.243. The highest BCUT2D eigenvalue weighted by atomic mass is 32.1. The molecule has 2 aromatic heterocycles. The summed E-state index contributed by atoms with van der Waals surface area (Å²) in [5.74, 6) is 0.865. The molecule has 3 rings (SSSR count). The van der Waals surface area contributed by atoms with E-state index in [1.165, 1.54) is 0 Å². The van der Waals surface area contributed by atoms with Gasteiger partial charge in [0.1, 0.15) is 5.01 Å². The van der Waals surface area contributed by atoms with Crippen molar-refractivity contribution < 1.29 is 0 Å². The van der Waals surface area contributed by atoms with E-state index in [9.17, 15) is 0 Å². The minimum absolute atomic E-state index is 0.865. The lowest BCUT2D eigenvalue weighted by Gasteiger charge is -2.26. The summed E-state index contributed by atoms with van der Waals surface area (Å²) in [6.07, 6.45) is 1.01. The minimum Gasteiger partial charge on any atom is -0.314 e. The average molecular weight is 252 g/mol. The summed E-state index contributed by atoms with van der Waals surface area (Å²) in [5.41, 5.74) is 0. The first-order chi connectivity index (χ1) is 8.33. The van der Waals surface area contributed by atoms with Crippen molar-refractivity contribution >= 4 is 16.3 Å². The van der Waals surface area contributed by atoms with Gasteiger partial charge in [-0.2, -0.15) is 9.61 Å². The fraction of sp³-hybridized carbons (Fsp3) is 0.700. The number of nitrogens with one attached hydrogen (secondary N) is 1. The molecule has 0 spiro atoms. The van der Waals surface area contributed by atoms with Crippen molar-refractivity contribution in [3.05, 3.63) is 10.8 Å². The van der Waals surface area contributed by atoms with Gasteiger partial charge in [-0.25, -0.2) is 0 Å². The molecule has 0 radical (unpaired) electrons. The van der Waals surface area contributed by atoms with E-state index in [0.29, 0.717) is 0 Å². The van der Waals surface area contributed by atoms with E-state index in [-0.39, 0.29) is 0 Å². The van der Waals surface area contributed by atoms with Gasteiger partial charge in [0, 0.05) is 39.1 Å². The molecule has 17 heavy (non-hydrogen) atoms. The van der Waals surface area contributed by atoms with Crippen molar-refractivity contribution in [2.75, 3.05) is 32.7 Å². The van der Waals surface area contributed by atoms with Gasteiger partial charge in [0.05, 0.1) is 0 Å². The lowest BCUT2D eigenvalue weighted by Crippen LogP contribution is -2.44. The van der Waals surface area contributed by atoms with Crippen LogP contribution in [0.3, 0.4) is 0 Å². The molecule has 7 heteroatoms. The van der Waals surface area contributed by atoms with Crippen LogP contribution in [0.5, 0.6) is 0 Å². The summed E-state index contributed by atoms with van der Waals surface area (Å²) >= 11 is 1.64. The van der Waals surface area contributed by atoms with Crippen molar-refractivity contribution in [1.82, 2.24) is 30.0 Å². The van der Waals surface area contributed by atoms with Crippen LogP contribution in [0.4, 0.5) is 0 Å². The van der Waals surface area contributed by atoms with Crippen LogP contribution in [0.15, 0.2) is 0 Å². The molecule has 2 aromatic rings. The highest BCUT2D eigenvalue weighted by Crippen LogP contribution is 2.14. The standard InChI is InChI=1S/C10H16N6S/c1-8-12-13-10-16(8)14-9(17-10)2-5-15-6-3-11-4-7-15/h11H,2-7H2,1H3. The maximum absolute atomic E-state index is 4.52. The highest BCUT2D eigenvalue weighted by Gasteiger charge is 2.12. The number of aromatic nitrogens is 4. The number of hydrogen-bond donors (Lipinski definition) is 1. The molecule has 1 aliphatic heterocycles. The summed E-state index contributed by atoms with van der Waals surface area (Å²) in [7, 11) is 0. The van der Waals surface area contributed by atoms with Crippen LogP contribution >= 0.6 is 11.3 Å². The van der Waals surface area contributed by atoms with Crippen molar-refractivity contribution in [1.29, 1.82) is 0 Å². The van der Waals surface area contributed by atoms with Gasteiger partial charge in [-0.3, -0.25) is 0 Å². The zero-order valence-electron chi connectivity index (χ0n) is 9.89. The van der Waals surface area contributed by atoms with E-state index in [4.69, 9.17) is 0 Å². The molecule has 3 heterocycles. The number of nitrogens with zero attached hydrogens (tertiary/aromatic N) is 5. The van der Waals surface area contributed by atoms with Crippen LogP contribution in [0.25, 0.3) is 4.96 Å². The van der Waals surface area contributed by atoms with Crippen molar-refractivity contribution in [2.24, 2.45) is 0 Å². The monoisotopic (exact) mass is 252 g/mol. The minimum atomic E-state index is 0.865. The summed E-state index contributed by atoms with van der Waals surface area (Å²) in [5, 5.41) is 17.1. The second-order valence-corrected chi connectivity index (χ2v) is 5.32. The van der Waals surface area contributed by atoms with Gasteiger partial charge in [-0.15, -0.1) is 10.2 Å². The topological polar surface area (TPSA) is 58.4 Å². The number of fused-ring (bicyclic) bond motifs is 1. The summed E-state index contributed by atoms with van der Waals surface area (Å²) in [6.45, 7) is 7.51. The van der Waals surface area contributed by atoms with Gasteiger partial charge in [-0.1, -0.05) is 11.3 Å². The maximum Gasteiger partial charge on any atom is 0.234 e. The Balaban J connectivity index is 1.64. The molecule has 6 nitrogen and oxygen atoms in total. The molecule has 1 aliphatic rings. The molecule has 0 aliphatic carbocycles. The molecule has 0 aromatic carbocycles. The van der Waals surface area contributed by atoms with E-state index < -0.39 is 0 Å². The summed E-state index contributed by atoms with van der Waals surface area (Å²) in [6, 6.07) is 0. The molecule has 0 saturated carbocycles. The summed E-state index contributed by atoms with van der Waals surface area (Å²) < 4.78 is 1.83. The number of aryl methyl sites for hydroxylation is 1. The van der Waals surface area contributed by atoms with Crippen molar-refractivity contribution in [3.63, 3.8) is 0 Å². The predicted molar refractivity (Wildman–Crippen MR) is 66.4 cm³/mol. The van der Waals surface area contributed by atoms with Crippen molar-refractivity contribution in [2.45, 2.75) is 13.3 Å². The number of piperazine rings is 1. The maximum atomic E-state index is 4.52. The molecular formula is C10H16N6S. The van der Waals surface area contributed by atoms with Crippen LogP contribution in [0, 0.1) is 6.92 Å². The van der Waals surface area contributed by atoms with Gasteiger partial charge in [0.15, 0.2) is 5.82 Å².